The summed E-state index contributed by atoms with van der Waals surface area (Å²) in [6.45, 7) is 2.09. The Bertz CT molecular complexity index is 505. The van der Waals surface area contributed by atoms with Gasteiger partial charge in [0.15, 0.2) is 0 Å². The third kappa shape index (κ3) is 2.60. The Balaban J connectivity index is 3.07. The third-order valence-electron chi connectivity index (χ3n) is 2.21. The quantitative estimate of drug-likeness (QED) is 0.836. The maximum Gasteiger partial charge on any atom is 0.328 e. The van der Waals surface area contributed by atoms with Crippen LogP contribution in [0.3, 0.4) is 0 Å². The number of rotatable bonds is 3. The van der Waals surface area contributed by atoms with Gasteiger partial charge in [0.25, 0.3) is 5.56 Å². The molecule has 0 fully saturated rings. The number of hydrogen-bond donors (Lipinski definition) is 1. The summed E-state index contributed by atoms with van der Waals surface area (Å²) < 4.78 is 1.08. The Hall–Kier alpha value is -1.37. The SMILES string of the molecule is CCN(C)C(=O)Cn1c(=O)[nH]cc(Br)c1=O. The summed E-state index contributed by atoms with van der Waals surface area (Å²) in [7, 11) is 1.61. The highest BCUT2D eigenvalue weighted by Crippen LogP contribution is 1.96. The van der Waals surface area contributed by atoms with Crippen molar-refractivity contribution in [2.75, 3.05) is 13.6 Å². The van der Waals surface area contributed by atoms with Crippen molar-refractivity contribution in [3.05, 3.63) is 31.5 Å². The van der Waals surface area contributed by atoms with Crippen molar-refractivity contribution < 1.29 is 4.79 Å². The number of carbonyl (C=O) groups is 1. The molecule has 0 atom stereocenters. The van der Waals surface area contributed by atoms with E-state index in [0.29, 0.717) is 6.54 Å². The van der Waals surface area contributed by atoms with Gasteiger partial charge in [0.1, 0.15) is 6.54 Å². The standard InChI is InChI=1S/C9H12BrN3O3/c1-3-12(2)7(14)5-13-8(15)6(10)4-11-9(13)16/h4H,3,5H2,1-2H3,(H,11,16). The van der Waals surface area contributed by atoms with Crippen molar-refractivity contribution in [1.29, 1.82) is 0 Å². The average Bonchev–Trinajstić information content (AvgIpc) is 2.28. The van der Waals surface area contributed by atoms with E-state index in [9.17, 15) is 14.4 Å². The van der Waals surface area contributed by atoms with E-state index in [1.54, 1.807) is 7.05 Å². The second-order valence-electron chi connectivity index (χ2n) is 3.24. The third-order valence-corrected chi connectivity index (χ3v) is 2.78. The first-order valence-electron chi connectivity index (χ1n) is 4.69. The smallest absolute Gasteiger partial charge is 0.328 e. The van der Waals surface area contributed by atoms with Crippen LogP contribution in [0.5, 0.6) is 0 Å². The van der Waals surface area contributed by atoms with Crippen LogP contribution in [0.25, 0.3) is 0 Å². The molecule has 16 heavy (non-hydrogen) atoms. The lowest BCUT2D eigenvalue weighted by molar-refractivity contribution is -0.130. The first-order valence-corrected chi connectivity index (χ1v) is 5.48. The predicted octanol–water partition coefficient (Wildman–Crippen LogP) is -0.223. The van der Waals surface area contributed by atoms with E-state index in [0.717, 1.165) is 4.57 Å². The van der Waals surface area contributed by atoms with Crippen LogP contribution >= 0.6 is 15.9 Å². The molecule has 1 aromatic rings. The van der Waals surface area contributed by atoms with Gasteiger partial charge in [-0.3, -0.25) is 9.59 Å². The van der Waals surface area contributed by atoms with Crippen LogP contribution in [-0.4, -0.2) is 34.0 Å². The average molecular weight is 290 g/mol. The van der Waals surface area contributed by atoms with Gasteiger partial charge in [0.2, 0.25) is 5.91 Å². The highest BCUT2D eigenvalue weighted by atomic mass is 79.9. The molecule has 0 aliphatic heterocycles. The normalized spacial score (nSPS) is 10.2. The van der Waals surface area contributed by atoms with Crippen molar-refractivity contribution in [2.45, 2.75) is 13.5 Å². The van der Waals surface area contributed by atoms with Crippen LogP contribution in [0.1, 0.15) is 6.92 Å². The molecule has 1 N–H and O–H groups in total. The highest BCUT2D eigenvalue weighted by Gasteiger charge is 2.12. The first-order chi connectivity index (χ1) is 7.47. The maximum atomic E-state index is 11.6. The topological polar surface area (TPSA) is 75.2 Å². The number of hydrogen-bond acceptors (Lipinski definition) is 3. The zero-order valence-electron chi connectivity index (χ0n) is 8.99. The maximum absolute atomic E-state index is 11.6. The number of aromatic nitrogens is 2. The predicted molar refractivity (Wildman–Crippen MR) is 62.3 cm³/mol. The fourth-order valence-electron chi connectivity index (χ4n) is 1.06. The lowest BCUT2D eigenvalue weighted by Gasteiger charge is -2.14. The summed E-state index contributed by atoms with van der Waals surface area (Å²) in [5, 5.41) is 0. The van der Waals surface area contributed by atoms with Gasteiger partial charge in [-0.15, -0.1) is 0 Å². The molecule has 88 valence electrons. The van der Waals surface area contributed by atoms with Crippen LogP contribution in [-0.2, 0) is 11.3 Å². The summed E-state index contributed by atoms with van der Waals surface area (Å²) in [6.07, 6.45) is 1.26. The van der Waals surface area contributed by atoms with Gasteiger partial charge in [-0.05, 0) is 22.9 Å². The van der Waals surface area contributed by atoms with Gasteiger partial charge < -0.3 is 9.88 Å². The second kappa shape index (κ2) is 5.11. The number of likely N-dealkylation sites (N-methyl/N-ethyl adjacent to an activating group) is 1. The van der Waals surface area contributed by atoms with Crippen LogP contribution < -0.4 is 11.2 Å². The van der Waals surface area contributed by atoms with Crippen molar-refractivity contribution in [3.63, 3.8) is 0 Å². The lowest BCUT2D eigenvalue weighted by Crippen LogP contribution is -2.41. The number of H-pyrrole nitrogens is 1. The molecular weight excluding hydrogens is 278 g/mol. The molecule has 1 heterocycles. The first kappa shape index (κ1) is 12.7. The molecule has 0 aliphatic carbocycles. The van der Waals surface area contributed by atoms with Crippen molar-refractivity contribution in [1.82, 2.24) is 14.5 Å². The number of aromatic amines is 1. The number of halogens is 1. The molecule has 1 aromatic heterocycles. The molecular formula is C9H12BrN3O3. The molecule has 1 rings (SSSR count). The van der Waals surface area contributed by atoms with Crippen molar-refractivity contribution in [3.8, 4) is 0 Å². The van der Waals surface area contributed by atoms with Crippen molar-refractivity contribution in [2.24, 2.45) is 0 Å². The Morgan fingerprint density at radius 2 is 2.19 bits per heavy atom. The van der Waals surface area contributed by atoms with Crippen LogP contribution in [0.2, 0.25) is 0 Å². The zero-order chi connectivity index (χ0) is 12.3. The molecule has 0 radical (unpaired) electrons. The largest absolute Gasteiger partial charge is 0.344 e. The fraction of sp³-hybridized carbons (Fsp3) is 0.444. The van der Waals surface area contributed by atoms with Gasteiger partial charge >= 0.3 is 5.69 Å². The molecule has 0 unspecified atom stereocenters. The van der Waals surface area contributed by atoms with E-state index in [-0.39, 0.29) is 16.9 Å². The van der Waals surface area contributed by atoms with Crippen molar-refractivity contribution >= 4 is 21.8 Å². The summed E-state index contributed by atoms with van der Waals surface area (Å²) in [6, 6.07) is 0. The molecule has 0 aromatic carbocycles. The Morgan fingerprint density at radius 3 is 2.75 bits per heavy atom. The van der Waals surface area contributed by atoms with Gasteiger partial charge in [-0.2, -0.15) is 0 Å². The van der Waals surface area contributed by atoms with Gasteiger partial charge in [0.05, 0.1) is 4.47 Å². The minimum absolute atomic E-state index is 0.221. The summed E-state index contributed by atoms with van der Waals surface area (Å²) in [4.78, 5) is 38.3. The summed E-state index contributed by atoms with van der Waals surface area (Å²) >= 11 is 3.00. The van der Waals surface area contributed by atoms with E-state index < -0.39 is 11.2 Å². The van der Waals surface area contributed by atoms with E-state index in [1.807, 2.05) is 6.92 Å². The molecule has 7 heteroatoms. The number of nitrogens with one attached hydrogen (secondary N) is 1. The minimum Gasteiger partial charge on any atom is -0.344 e. The molecule has 0 saturated heterocycles. The van der Waals surface area contributed by atoms with Crippen LogP contribution in [0.15, 0.2) is 20.3 Å². The van der Waals surface area contributed by atoms with E-state index >= 15 is 0 Å². The van der Waals surface area contributed by atoms with E-state index in [1.165, 1.54) is 11.1 Å². The number of carbonyl (C=O) groups excluding carboxylic acids is 1. The summed E-state index contributed by atoms with van der Waals surface area (Å²) in [5.74, 6) is -0.284. The summed E-state index contributed by atoms with van der Waals surface area (Å²) in [5.41, 5.74) is -1.10. The molecule has 0 spiro atoms. The number of nitrogens with zero attached hydrogens (tertiary/aromatic N) is 2. The number of amides is 1. The molecule has 0 saturated carbocycles. The minimum atomic E-state index is -0.592. The van der Waals surface area contributed by atoms with E-state index in [4.69, 9.17) is 0 Å². The van der Waals surface area contributed by atoms with Gasteiger partial charge in [-0.1, -0.05) is 0 Å². The van der Waals surface area contributed by atoms with Crippen LogP contribution in [0.4, 0.5) is 0 Å². The molecule has 6 nitrogen and oxygen atoms in total. The zero-order valence-corrected chi connectivity index (χ0v) is 10.6. The Labute approximate surface area is 100 Å². The van der Waals surface area contributed by atoms with E-state index in [2.05, 4.69) is 20.9 Å². The Kier molecular flexibility index (Phi) is 4.05. The highest BCUT2D eigenvalue weighted by molar-refractivity contribution is 9.10. The lowest BCUT2D eigenvalue weighted by atomic mass is 10.5. The van der Waals surface area contributed by atoms with Gasteiger partial charge in [0, 0.05) is 19.8 Å². The fourth-order valence-corrected chi connectivity index (χ4v) is 1.39. The molecule has 0 bridgehead atoms. The molecule has 0 aliphatic rings. The van der Waals surface area contributed by atoms with Crippen LogP contribution in [0, 0.1) is 0 Å². The monoisotopic (exact) mass is 289 g/mol. The Morgan fingerprint density at radius 1 is 1.56 bits per heavy atom. The van der Waals surface area contributed by atoms with Gasteiger partial charge in [-0.25, -0.2) is 9.36 Å². The second-order valence-corrected chi connectivity index (χ2v) is 4.10. The molecule has 1 amide bonds.